The Kier molecular flexibility index (Phi) is 3.62. The number of likely N-dealkylation sites (tertiary alicyclic amines) is 1. The number of hydrogen-bond acceptors (Lipinski definition) is 3. The molecule has 1 amide bonds. The Balaban J connectivity index is 1.58. The molecule has 0 spiro atoms. The number of ether oxygens (including phenoxy) is 1. The van der Waals surface area contributed by atoms with Gasteiger partial charge in [-0.1, -0.05) is 23.7 Å². The number of benzene rings is 1. The van der Waals surface area contributed by atoms with Gasteiger partial charge in [0.25, 0.3) is 5.91 Å². The first kappa shape index (κ1) is 12.8. The van der Waals surface area contributed by atoms with E-state index in [9.17, 15) is 4.79 Å². The van der Waals surface area contributed by atoms with Crippen LogP contribution in [0.15, 0.2) is 24.3 Å². The number of halogens is 1. The van der Waals surface area contributed by atoms with Gasteiger partial charge in [0.1, 0.15) is 5.75 Å². The lowest BCUT2D eigenvalue weighted by Gasteiger charge is -2.23. The third kappa shape index (κ3) is 2.55. The number of para-hydroxylation sites is 1. The van der Waals surface area contributed by atoms with Crippen molar-refractivity contribution >= 4 is 17.5 Å². The topological polar surface area (TPSA) is 41.6 Å². The molecule has 0 aliphatic carbocycles. The van der Waals surface area contributed by atoms with E-state index in [-0.39, 0.29) is 12.5 Å². The van der Waals surface area contributed by atoms with E-state index < -0.39 is 0 Å². The minimum atomic E-state index is 0.0520. The van der Waals surface area contributed by atoms with E-state index in [0.717, 1.165) is 26.1 Å². The van der Waals surface area contributed by atoms with Crippen molar-refractivity contribution in [3.63, 3.8) is 0 Å². The lowest BCUT2D eigenvalue weighted by molar-refractivity contribution is -0.134. The molecule has 2 atom stereocenters. The molecule has 19 heavy (non-hydrogen) atoms. The van der Waals surface area contributed by atoms with Gasteiger partial charge in [-0.25, -0.2) is 0 Å². The molecule has 2 aliphatic heterocycles. The van der Waals surface area contributed by atoms with Crippen molar-refractivity contribution in [2.24, 2.45) is 5.92 Å². The molecule has 102 valence electrons. The number of carbonyl (C=O) groups is 1. The van der Waals surface area contributed by atoms with Gasteiger partial charge in [0, 0.05) is 25.7 Å². The molecule has 0 unspecified atom stereocenters. The highest BCUT2D eigenvalue weighted by atomic mass is 35.5. The summed E-state index contributed by atoms with van der Waals surface area (Å²) in [5, 5.41) is 3.88. The summed E-state index contributed by atoms with van der Waals surface area (Å²) in [6, 6.07) is 7.57. The zero-order valence-corrected chi connectivity index (χ0v) is 11.4. The summed E-state index contributed by atoms with van der Waals surface area (Å²) in [5.41, 5.74) is 0. The first-order valence-corrected chi connectivity index (χ1v) is 7.01. The molecule has 2 saturated heterocycles. The van der Waals surface area contributed by atoms with Crippen LogP contribution in [0.4, 0.5) is 0 Å². The van der Waals surface area contributed by atoms with E-state index in [1.165, 1.54) is 0 Å². The Morgan fingerprint density at radius 2 is 2.26 bits per heavy atom. The fraction of sp³-hybridized carbons (Fsp3) is 0.500. The Bertz CT molecular complexity index is 480. The number of amides is 1. The number of nitrogens with zero attached hydrogens (tertiary/aromatic N) is 1. The van der Waals surface area contributed by atoms with Crippen LogP contribution < -0.4 is 10.1 Å². The average molecular weight is 281 g/mol. The molecule has 2 fully saturated rings. The van der Waals surface area contributed by atoms with E-state index in [0.29, 0.717) is 22.7 Å². The highest BCUT2D eigenvalue weighted by molar-refractivity contribution is 6.32. The maximum atomic E-state index is 12.2. The van der Waals surface area contributed by atoms with Gasteiger partial charge in [-0.2, -0.15) is 0 Å². The van der Waals surface area contributed by atoms with Crippen molar-refractivity contribution in [3.8, 4) is 5.75 Å². The zero-order chi connectivity index (χ0) is 13.2. The predicted octanol–water partition coefficient (Wildman–Crippen LogP) is 1.54. The summed E-state index contributed by atoms with van der Waals surface area (Å²) in [7, 11) is 0. The van der Waals surface area contributed by atoms with Crippen LogP contribution in [-0.2, 0) is 4.79 Å². The minimum Gasteiger partial charge on any atom is -0.482 e. The molecule has 3 rings (SSSR count). The van der Waals surface area contributed by atoms with Crippen LogP contribution in [0.1, 0.15) is 6.42 Å². The number of fused-ring (bicyclic) bond motifs is 1. The first-order valence-electron chi connectivity index (χ1n) is 6.63. The highest BCUT2D eigenvalue weighted by Gasteiger charge is 2.39. The highest BCUT2D eigenvalue weighted by Crippen LogP contribution is 2.28. The van der Waals surface area contributed by atoms with Crippen LogP contribution in [0.3, 0.4) is 0 Å². The van der Waals surface area contributed by atoms with Crippen molar-refractivity contribution < 1.29 is 9.53 Å². The summed E-state index contributed by atoms with van der Waals surface area (Å²) in [5.74, 6) is 1.23. The molecule has 0 radical (unpaired) electrons. The molecule has 1 aromatic carbocycles. The predicted molar refractivity (Wildman–Crippen MR) is 73.4 cm³/mol. The molecule has 1 N–H and O–H groups in total. The Morgan fingerprint density at radius 1 is 1.42 bits per heavy atom. The van der Waals surface area contributed by atoms with Crippen molar-refractivity contribution in [1.82, 2.24) is 10.2 Å². The van der Waals surface area contributed by atoms with Gasteiger partial charge >= 0.3 is 0 Å². The summed E-state index contributed by atoms with van der Waals surface area (Å²) < 4.78 is 5.52. The van der Waals surface area contributed by atoms with Gasteiger partial charge in [0.05, 0.1) is 5.02 Å². The van der Waals surface area contributed by atoms with Crippen LogP contribution >= 0.6 is 11.6 Å². The lowest BCUT2D eigenvalue weighted by Crippen LogP contribution is -2.41. The third-order valence-corrected chi connectivity index (χ3v) is 4.27. The number of rotatable bonds is 3. The van der Waals surface area contributed by atoms with Gasteiger partial charge in [-0.15, -0.1) is 0 Å². The monoisotopic (exact) mass is 280 g/mol. The zero-order valence-electron chi connectivity index (χ0n) is 10.6. The van der Waals surface area contributed by atoms with Gasteiger partial charge in [-0.05, 0) is 24.5 Å². The number of hydrogen-bond donors (Lipinski definition) is 1. The molecule has 5 heteroatoms. The molecular weight excluding hydrogens is 264 g/mol. The van der Waals surface area contributed by atoms with Crippen molar-refractivity contribution in [1.29, 1.82) is 0 Å². The fourth-order valence-corrected chi connectivity index (χ4v) is 3.13. The Hall–Kier alpha value is -1.26. The maximum Gasteiger partial charge on any atom is 0.260 e. The Morgan fingerprint density at radius 3 is 3.11 bits per heavy atom. The van der Waals surface area contributed by atoms with E-state index in [2.05, 4.69) is 5.32 Å². The molecule has 0 aromatic heterocycles. The summed E-state index contributed by atoms with van der Waals surface area (Å²) in [6.07, 6.45) is 1.09. The number of carbonyl (C=O) groups excluding carboxylic acids is 1. The van der Waals surface area contributed by atoms with Crippen molar-refractivity contribution in [2.75, 3.05) is 26.2 Å². The van der Waals surface area contributed by atoms with Crippen LogP contribution in [0, 0.1) is 5.92 Å². The number of nitrogens with one attached hydrogen (secondary N) is 1. The molecule has 2 heterocycles. The van der Waals surface area contributed by atoms with Crippen LogP contribution in [0.5, 0.6) is 5.75 Å². The SMILES string of the molecule is O=C(COc1ccccc1Cl)N1CC[C@H]2CNC[C@H]21. The van der Waals surface area contributed by atoms with Crippen LogP contribution in [-0.4, -0.2) is 43.1 Å². The summed E-state index contributed by atoms with van der Waals surface area (Å²) in [6.45, 7) is 2.84. The third-order valence-electron chi connectivity index (χ3n) is 3.95. The second-order valence-corrected chi connectivity index (χ2v) is 5.49. The van der Waals surface area contributed by atoms with E-state index in [1.54, 1.807) is 12.1 Å². The molecule has 1 aromatic rings. The van der Waals surface area contributed by atoms with Crippen molar-refractivity contribution in [3.05, 3.63) is 29.3 Å². The average Bonchev–Trinajstić information content (AvgIpc) is 2.99. The van der Waals surface area contributed by atoms with E-state index in [4.69, 9.17) is 16.3 Å². The quantitative estimate of drug-likeness (QED) is 0.913. The molecule has 4 nitrogen and oxygen atoms in total. The smallest absolute Gasteiger partial charge is 0.260 e. The van der Waals surface area contributed by atoms with E-state index >= 15 is 0 Å². The van der Waals surface area contributed by atoms with Crippen LogP contribution in [0.25, 0.3) is 0 Å². The second-order valence-electron chi connectivity index (χ2n) is 5.08. The fourth-order valence-electron chi connectivity index (χ4n) is 2.94. The maximum absolute atomic E-state index is 12.2. The largest absolute Gasteiger partial charge is 0.482 e. The normalized spacial score (nSPS) is 25.4. The van der Waals surface area contributed by atoms with Gasteiger partial charge < -0.3 is 15.0 Å². The van der Waals surface area contributed by atoms with Crippen molar-refractivity contribution in [2.45, 2.75) is 12.5 Å². The van der Waals surface area contributed by atoms with Gasteiger partial charge in [0.2, 0.25) is 0 Å². The van der Waals surface area contributed by atoms with Gasteiger partial charge in [0.15, 0.2) is 6.61 Å². The lowest BCUT2D eigenvalue weighted by atomic mass is 10.1. The second kappa shape index (κ2) is 5.39. The van der Waals surface area contributed by atoms with Gasteiger partial charge in [-0.3, -0.25) is 4.79 Å². The first-order chi connectivity index (χ1) is 9.25. The summed E-state index contributed by atoms with van der Waals surface area (Å²) in [4.78, 5) is 14.1. The van der Waals surface area contributed by atoms with Crippen LogP contribution in [0.2, 0.25) is 5.02 Å². The van der Waals surface area contributed by atoms with E-state index in [1.807, 2.05) is 17.0 Å². The Labute approximate surface area is 117 Å². The standard InChI is InChI=1S/C14H17ClN2O2/c15-11-3-1-2-4-13(11)19-9-14(18)17-6-5-10-7-16-8-12(10)17/h1-4,10,12,16H,5-9H2/t10-,12+/m0/s1. The molecule has 0 saturated carbocycles. The summed E-state index contributed by atoms with van der Waals surface area (Å²) >= 11 is 6.00. The molecular formula is C14H17ClN2O2. The minimum absolute atomic E-state index is 0.0520. The molecule has 2 aliphatic rings. The molecule has 0 bridgehead atoms.